The molecule has 0 bridgehead atoms. The summed E-state index contributed by atoms with van der Waals surface area (Å²) in [7, 11) is 1.89. The number of aromatic nitrogens is 2. The number of piperazine rings is 1. The molecule has 0 aliphatic carbocycles. The first-order chi connectivity index (χ1) is 17.3. The van der Waals surface area contributed by atoms with E-state index >= 15 is 0 Å². The van der Waals surface area contributed by atoms with Crippen molar-refractivity contribution in [3.63, 3.8) is 0 Å². The van der Waals surface area contributed by atoms with Crippen LogP contribution in [-0.4, -0.2) is 82.7 Å². The summed E-state index contributed by atoms with van der Waals surface area (Å²) >= 11 is 0. The third-order valence-corrected chi connectivity index (χ3v) is 6.18. The van der Waals surface area contributed by atoms with E-state index in [1.807, 2.05) is 18.0 Å². The standard InChI is InChI=1S/C23H28N8O5/c1-3-24-17-10-20(25-11-19(17)31(35)36)27-23(34)30-6-4-5-15-9-16(18(14-32)26-22(15)30)12-29-8-7-28(2)13-21(29)33/h9-11,14H,3-8,12-13H2,1-2H3,(H2,24,25,27,34). The van der Waals surface area contributed by atoms with E-state index < -0.39 is 11.0 Å². The average Bonchev–Trinajstić information content (AvgIpc) is 2.85. The zero-order chi connectivity index (χ0) is 25.8. The molecule has 0 unspecified atom stereocenters. The lowest BCUT2D eigenvalue weighted by Crippen LogP contribution is -2.48. The van der Waals surface area contributed by atoms with E-state index in [0.717, 1.165) is 18.3 Å². The van der Waals surface area contributed by atoms with Crippen LogP contribution >= 0.6 is 0 Å². The first-order valence-corrected chi connectivity index (χ1v) is 11.7. The maximum Gasteiger partial charge on any atom is 0.328 e. The predicted octanol–water partition coefficient (Wildman–Crippen LogP) is 1.89. The smallest absolute Gasteiger partial charge is 0.328 e. The van der Waals surface area contributed by atoms with Gasteiger partial charge in [-0.25, -0.2) is 14.8 Å². The Morgan fingerprint density at radius 2 is 2.08 bits per heavy atom. The van der Waals surface area contributed by atoms with Crippen LogP contribution in [0.15, 0.2) is 18.3 Å². The van der Waals surface area contributed by atoms with E-state index in [1.54, 1.807) is 11.8 Å². The van der Waals surface area contributed by atoms with E-state index in [-0.39, 0.29) is 35.3 Å². The molecule has 13 heteroatoms. The number of hydrogen-bond donors (Lipinski definition) is 2. The van der Waals surface area contributed by atoms with Gasteiger partial charge in [-0.15, -0.1) is 0 Å². The number of carbonyl (C=O) groups is 3. The number of aldehydes is 1. The summed E-state index contributed by atoms with van der Waals surface area (Å²) in [6.07, 6.45) is 3.09. The van der Waals surface area contributed by atoms with Crippen molar-refractivity contribution in [2.24, 2.45) is 0 Å². The van der Waals surface area contributed by atoms with E-state index in [9.17, 15) is 24.5 Å². The van der Waals surface area contributed by atoms with Gasteiger partial charge in [0.15, 0.2) is 6.29 Å². The minimum atomic E-state index is -0.546. The zero-order valence-electron chi connectivity index (χ0n) is 20.2. The van der Waals surface area contributed by atoms with Gasteiger partial charge in [-0.1, -0.05) is 0 Å². The Labute approximate surface area is 207 Å². The van der Waals surface area contributed by atoms with Crippen molar-refractivity contribution in [1.82, 2.24) is 19.8 Å². The lowest BCUT2D eigenvalue weighted by Gasteiger charge is -2.33. The normalized spacial score (nSPS) is 15.9. The quantitative estimate of drug-likeness (QED) is 0.332. The number of hydrogen-bond acceptors (Lipinski definition) is 9. The van der Waals surface area contributed by atoms with Gasteiger partial charge in [0.1, 0.15) is 29.2 Å². The molecule has 190 valence electrons. The number of urea groups is 1. The number of aryl methyl sites for hydroxylation is 1. The summed E-state index contributed by atoms with van der Waals surface area (Å²) in [6.45, 7) is 4.57. The van der Waals surface area contributed by atoms with Crippen molar-refractivity contribution in [1.29, 1.82) is 0 Å². The number of fused-ring (bicyclic) bond motifs is 1. The monoisotopic (exact) mass is 496 g/mol. The molecule has 4 heterocycles. The Kier molecular flexibility index (Phi) is 7.38. The number of nitrogens with zero attached hydrogens (tertiary/aromatic N) is 6. The summed E-state index contributed by atoms with van der Waals surface area (Å²) in [4.78, 5) is 61.7. The highest BCUT2D eigenvalue weighted by molar-refractivity contribution is 6.02. The Morgan fingerprint density at radius 3 is 2.78 bits per heavy atom. The molecule has 0 saturated carbocycles. The van der Waals surface area contributed by atoms with Crippen LogP contribution in [0.3, 0.4) is 0 Å². The van der Waals surface area contributed by atoms with Gasteiger partial charge < -0.3 is 10.2 Å². The van der Waals surface area contributed by atoms with E-state index in [0.29, 0.717) is 56.7 Å². The molecule has 4 rings (SSSR count). The predicted molar refractivity (Wildman–Crippen MR) is 132 cm³/mol. The molecule has 2 aromatic heterocycles. The van der Waals surface area contributed by atoms with Crippen molar-refractivity contribution in [3.05, 3.63) is 45.3 Å². The van der Waals surface area contributed by atoms with Gasteiger partial charge in [0, 0.05) is 44.4 Å². The topological polar surface area (TPSA) is 154 Å². The highest BCUT2D eigenvalue weighted by atomic mass is 16.6. The number of anilines is 3. The first kappa shape index (κ1) is 25.0. The Hall–Kier alpha value is -4.13. The number of likely N-dealkylation sites (N-methyl/N-ethyl adjacent to an activating group) is 1. The second-order valence-electron chi connectivity index (χ2n) is 8.75. The van der Waals surface area contributed by atoms with Crippen LogP contribution in [0.25, 0.3) is 0 Å². The SMILES string of the molecule is CCNc1cc(NC(=O)N2CCCc3cc(CN4CCN(C)CC4=O)c(C=O)nc32)ncc1[N+](=O)[O-]. The minimum Gasteiger partial charge on any atom is -0.380 e. The fourth-order valence-corrected chi connectivity index (χ4v) is 4.35. The fraction of sp³-hybridized carbons (Fsp3) is 0.435. The molecule has 0 spiro atoms. The summed E-state index contributed by atoms with van der Waals surface area (Å²) in [5, 5.41) is 16.8. The minimum absolute atomic E-state index is 0.00754. The molecule has 1 saturated heterocycles. The average molecular weight is 497 g/mol. The largest absolute Gasteiger partial charge is 0.380 e. The fourth-order valence-electron chi connectivity index (χ4n) is 4.35. The molecule has 2 N–H and O–H groups in total. The summed E-state index contributed by atoms with van der Waals surface area (Å²) in [5.74, 6) is 0.518. The summed E-state index contributed by atoms with van der Waals surface area (Å²) < 4.78 is 0. The van der Waals surface area contributed by atoms with E-state index in [2.05, 4.69) is 20.6 Å². The number of nitro groups is 1. The molecule has 0 atom stereocenters. The highest BCUT2D eigenvalue weighted by Gasteiger charge is 2.28. The summed E-state index contributed by atoms with van der Waals surface area (Å²) in [6, 6.07) is 2.75. The first-order valence-electron chi connectivity index (χ1n) is 11.7. The molecular formula is C23H28N8O5. The molecule has 0 aromatic carbocycles. The van der Waals surface area contributed by atoms with Crippen LogP contribution in [0.4, 0.5) is 27.8 Å². The number of amides is 3. The van der Waals surface area contributed by atoms with Gasteiger partial charge in [0.25, 0.3) is 0 Å². The van der Waals surface area contributed by atoms with Gasteiger partial charge >= 0.3 is 11.7 Å². The van der Waals surface area contributed by atoms with Crippen molar-refractivity contribution in [2.75, 3.05) is 55.3 Å². The highest BCUT2D eigenvalue weighted by Crippen LogP contribution is 2.30. The lowest BCUT2D eigenvalue weighted by molar-refractivity contribution is -0.384. The van der Waals surface area contributed by atoms with Crippen LogP contribution < -0.4 is 15.5 Å². The Balaban J connectivity index is 1.56. The third kappa shape index (κ3) is 5.25. The van der Waals surface area contributed by atoms with E-state index in [1.165, 1.54) is 11.0 Å². The number of rotatable bonds is 7. The molecule has 36 heavy (non-hydrogen) atoms. The maximum atomic E-state index is 13.1. The molecule has 0 radical (unpaired) electrons. The van der Waals surface area contributed by atoms with Crippen molar-refractivity contribution in [2.45, 2.75) is 26.3 Å². The lowest BCUT2D eigenvalue weighted by atomic mass is 10.0. The van der Waals surface area contributed by atoms with Gasteiger partial charge in [-0.3, -0.25) is 34.8 Å². The van der Waals surface area contributed by atoms with Crippen LogP contribution in [0.1, 0.15) is 35.0 Å². The molecule has 13 nitrogen and oxygen atoms in total. The Bertz CT molecular complexity index is 1200. The maximum absolute atomic E-state index is 13.1. The Morgan fingerprint density at radius 1 is 1.28 bits per heavy atom. The van der Waals surface area contributed by atoms with Crippen LogP contribution in [0.5, 0.6) is 0 Å². The third-order valence-electron chi connectivity index (χ3n) is 6.18. The van der Waals surface area contributed by atoms with Crippen molar-refractivity contribution in [3.8, 4) is 0 Å². The van der Waals surface area contributed by atoms with Gasteiger partial charge in [0.2, 0.25) is 5.91 Å². The molecule has 2 aliphatic rings. The van der Waals surface area contributed by atoms with Gasteiger partial charge in [0.05, 0.1) is 11.5 Å². The van der Waals surface area contributed by atoms with Crippen LogP contribution in [0.2, 0.25) is 0 Å². The number of nitrogens with one attached hydrogen (secondary N) is 2. The van der Waals surface area contributed by atoms with Crippen molar-refractivity contribution >= 4 is 41.2 Å². The van der Waals surface area contributed by atoms with Crippen LogP contribution in [-0.2, 0) is 17.8 Å². The zero-order valence-corrected chi connectivity index (χ0v) is 20.2. The summed E-state index contributed by atoms with van der Waals surface area (Å²) in [5.41, 5.74) is 1.70. The van der Waals surface area contributed by atoms with Gasteiger partial charge in [-0.2, -0.15) is 0 Å². The second kappa shape index (κ2) is 10.6. The van der Waals surface area contributed by atoms with E-state index in [4.69, 9.17) is 0 Å². The number of pyridine rings is 2. The molecule has 2 aromatic rings. The van der Waals surface area contributed by atoms with Crippen LogP contribution in [0, 0.1) is 10.1 Å². The van der Waals surface area contributed by atoms with Crippen molar-refractivity contribution < 1.29 is 19.3 Å². The molecule has 2 aliphatic heterocycles. The van der Waals surface area contributed by atoms with Gasteiger partial charge in [-0.05, 0) is 38.4 Å². The number of carbonyl (C=O) groups excluding carboxylic acids is 3. The molecular weight excluding hydrogens is 468 g/mol. The second-order valence-corrected chi connectivity index (χ2v) is 8.75. The molecule has 3 amide bonds. The molecule has 1 fully saturated rings.